The molecule has 6 heteroatoms. The molecule has 0 spiro atoms. The monoisotopic (exact) mass is 361 g/mol. The van der Waals surface area contributed by atoms with Gasteiger partial charge in [-0.15, -0.1) is 0 Å². The van der Waals surface area contributed by atoms with Crippen LogP contribution in [0.1, 0.15) is 12.0 Å². The standard InChI is InChI=1S/C19H27N3O2S/c1-22(2)15-14-20-18-10-12-19(13-11-18)21-25(23,24)16-6-9-17-7-4-3-5-8-17/h3-5,7-8,10-13,20-21H,6,9,14-16H2,1-2H3. The quantitative estimate of drug-likeness (QED) is 0.683. The Kier molecular flexibility index (Phi) is 7.28. The predicted molar refractivity (Wildman–Crippen MR) is 106 cm³/mol. The van der Waals surface area contributed by atoms with Crippen LogP contribution in [-0.4, -0.2) is 46.3 Å². The first-order valence-corrected chi connectivity index (χ1v) is 10.1. The van der Waals surface area contributed by atoms with Crippen LogP contribution < -0.4 is 10.0 Å². The molecule has 2 aromatic carbocycles. The van der Waals surface area contributed by atoms with Crippen LogP contribution in [0.3, 0.4) is 0 Å². The van der Waals surface area contributed by atoms with Crippen LogP contribution in [0.4, 0.5) is 11.4 Å². The zero-order valence-corrected chi connectivity index (χ0v) is 15.7. The zero-order chi connectivity index (χ0) is 18.1. The van der Waals surface area contributed by atoms with E-state index in [9.17, 15) is 8.42 Å². The molecule has 2 N–H and O–H groups in total. The Bertz CT molecular complexity index is 729. The van der Waals surface area contributed by atoms with Gasteiger partial charge >= 0.3 is 0 Å². The van der Waals surface area contributed by atoms with Gasteiger partial charge in [0, 0.05) is 24.5 Å². The molecule has 0 aliphatic rings. The van der Waals surface area contributed by atoms with Gasteiger partial charge in [0.1, 0.15) is 0 Å². The number of sulfonamides is 1. The van der Waals surface area contributed by atoms with E-state index < -0.39 is 10.0 Å². The second kappa shape index (κ2) is 9.44. The van der Waals surface area contributed by atoms with Crippen molar-refractivity contribution >= 4 is 21.4 Å². The molecule has 136 valence electrons. The summed E-state index contributed by atoms with van der Waals surface area (Å²) in [6.45, 7) is 1.79. The summed E-state index contributed by atoms with van der Waals surface area (Å²) in [6, 6.07) is 17.3. The second-order valence-electron chi connectivity index (χ2n) is 6.32. The number of hydrogen-bond acceptors (Lipinski definition) is 4. The minimum atomic E-state index is -3.32. The fraction of sp³-hybridized carbons (Fsp3) is 0.368. The molecule has 0 aliphatic carbocycles. The van der Waals surface area contributed by atoms with Crippen LogP contribution >= 0.6 is 0 Å². The molecule has 0 amide bonds. The van der Waals surface area contributed by atoms with E-state index in [2.05, 4.69) is 14.9 Å². The highest BCUT2D eigenvalue weighted by Crippen LogP contribution is 2.15. The third-order valence-electron chi connectivity index (χ3n) is 3.77. The molecule has 2 aromatic rings. The van der Waals surface area contributed by atoms with Gasteiger partial charge in [0.15, 0.2) is 0 Å². The number of hydrogen-bond donors (Lipinski definition) is 2. The van der Waals surface area contributed by atoms with Crippen molar-refractivity contribution in [2.24, 2.45) is 0 Å². The number of nitrogens with one attached hydrogen (secondary N) is 2. The molecule has 0 radical (unpaired) electrons. The molecule has 0 atom stereocenters. The lowest BCUT2D eigenvalue weighted by Crippen LogP contribution is -2.20. The van der Waals surface area contributed by atoms with Gasteiger partial charge in [-0.3, -0.25) is 4.72 Å². The summed E-state index contributed by atoms with van der Waals surface area (Å²) in [5.74, 6) is 0.116. The van der Waals surface area contributed by atoms with Gasteiger partial charge < -0.3 is 10.2 Å². The van der Waals surface area contributed by atoms with Crippen LogP contribution in [-0.2, 0) is 16.4 Å². The minimum absolute atomic E-state index is 0.116. The highest BCUT2D eigenvalue weighted by molar-refractivity contribution is 7.92. The Labute approximate surface area is 151 Å². The van der Waals surface area contributed by atoms with E-state index in [1.54, 1.807) is 12.1 Å². The first kappa shape index (κ1) is 19.3. The van der Waals surface area contributed by atoms with Gasteiger partial charge in [-0.1, -0.05) is 30.3 Å². The van der Waals surface area contributed by atoms with Crippen molar-refractivity contribution in [1.82, 2.24) is 4.90 Å². The zero-order valence-electron chi connectivity index (χ0n) is 14.9. The van der Waals surface area contributed by atoms with E-state index in [1.165, 1.54) is 0 Å². The summed E-state index contributed by atoms with van der Waals surface area (Å²) >= 11 is 0. The van der Waals surface area contributed by atoms with E-state index in [4.69, 9.17) is 0 Å². The summed E-state index contributed by atoms with van der Waals surface area (Å²) in [7, 11) is 0.727. The maximum absolute atomic E-state index is 12.2. The van der Waals surface area contributed by atoms with Crippen molar-refractivity contribution in [2.45, 2.75) is 12.8 Å². The van der Waals surface area contributed by atoms with Crippen molar-refractivity contribution in [1.29, 1.82) is 0 Å². The summed E-state index contributed by atoms with van der Waals surface area (Å²) < 4.78 is 27.0. The highest BCUT2D eigenvalue weighted by atomic mass is 32.2. The Hall–Kier alpha value is -2.05. The Morgan fingerprint density at radius 3 is 2.20 bits per heavy atom. The van der Waals surface area contributed by atoms with Crippen LogP contribution in [0.2, 0.25) is 0 Å². The Morgan fingerprint density at radius 2 is 1.56 bits per heavy atom. The van der Waals surface area contributed by atoms with Crippen molar-refractivity contribution in [2.75, 3.05) is 43.0 Å². The van der Waals surface area contributed by atoms with Gasteiger partial charge in [0.25, 0.3) is 0 Å². The summed E-state index contributed by atoms with van der Waals surface area (Å²) in [4.78, 5) is 2.10. The molecular formula is C19H27N3O2S. The van der Waals surface area contributed by atoms with Gasteiger partial charge in [0.05, 0.1) is 5.75 Å². The predicted octanol–water partition coefficient (Wildman–Crippen LogP) is 3.03. The highest BCUT2D eigenvalue weighted by Gasteiger charge is 2.10. The van der Waals surface area contributed by atoms with Crippen molar-refractivity contribution in [3.63, 3.8) is 0 Å². The Balaban J connectivity index is 1.79. The molecule has 0 aliphatic heterocycles. The normalized spacial score (nSPS) is 11.5. The van der Waals surface area contributed by atoms with E-state index >= 15 is 0 Å². The van der Waals surface area contributed by atoms with Gasteiger partial charge in [0.2, 0.25) is 10.0 Å². The summed E-state index contributed by atoms with van der Waals surface area (Å²) in [6.07, 6.45) is 1.36. The molecule has 0 saturated carbocycles. The van der Waals surface area contributed by atoms with Crippen LogP contribution in [0.25, 0.3) is 0 Å². The molecule has 0 unspecified atom stereocenters. The molecule has 0 heterocycles. The first-order chi connectivity index (χ1) is 11.9. The molecule has 0 fully saturated rings. The molecule has 5 nitrogen and oxygen atoms in total. The number of likely N-dealkylation sites (N-methyl/N-ethyl adjacent to an activating group) is 1. The minimum Gasteiger partial charge on any atom is -0.384 e. The van der Waals surface area contributed by atoms with Crippen molar-refractivity contribution < 1.29 is 8.42 Å². The van der Waals surface area contributed by atoms with Crippen LogP contribution in [0.15, 0.2) is 54.6 Å². The molecule has 0 aromatic heterocycles. The number of rotatable bonds is 10. The molecule has 2 rings (SSSR count). The largest absolute Gasteiger partial charge is 0.384 e. The third-order valence-corrected chi connectivity index (χ3v) is 5.14. The van der Waals surface area contributed by atoms with E-state index in [1.807, 2.05) is 56.6 Å². The third kappa shape index (κ3) is 7.58. The fourth-order valence-corrected chi connectivity index (χ4v) is 3.54. The van der Waals surface area contributed by atoms with E-state index in [0.717, 1.165) is 30.8 Å². The molecule has 25 heavy (non-hydrogen) atoms. The van der Waals surface area contributed by atoms with E-state index in [-0.39, 0.29) is 5.75 Å². The molecule has 0 bridgehead atoms. The SMILES string of the molecule is CN(C)CCNc1ccc(NS(=O)(=O)CCCc2ccccc2)cc1. The molecular weight excluding hydrogens is 334 g/mol. The topological polar surface area (TPSA) is 61.4 Å². The smallest absolute Gasteiger partial charge is 0.232 e. The van der Waals surface area contributed by atoms with Crippen molar-refractivity contribution in [3.05, 3.63) is 60.2 Å². The van der Waals surface area contributed by atoms with Gasteiger partial charge in [-0.2, -0.15) is 0 Å². The number of nitrogens with zero attached hydrogens (tertiary/aromatic N) is 1. The van der Waals surface area contributed by atoms with E-state index in [0.29, 0.717) is 12.1 Å². The van der Waals surface area contributed by atoms with Gasteiger partial charge in [-0.25, -0.2) is 8.42 Å². The average molecular weight is 362 g/mol. The molecule has 0 saturated heterocycles. The fourth-order valence-electron chi connectivity index (χ4n) is 2.42. The summed E-state index contributed by atoms with van der Waals surface area (Å²) in [5, 5.41) is 3.30. The maximum atomic E-state index is 12.2. The Morgan fingerprint density at radius 1 is 0.920 bits per heavy atom. The lowest BCUT2D eigenvalue weighted by Gasteiger charge is -2.12. The average Bonchev–Trinajstić information content (AvgIpc) is 2.57. The van der Waals surface area contributed by atoms with Gasteiger partial charge in [-0.05, 0) is 56.8 Å². The number of anilines is 2. The van der Waals surface area contributed by atoms with Crippen molar-refractivity contribution in [3.8, 4) is 0 Å². The number of aryl methyl sites for hydroxylation is 1. The second-order valence-corrected chi connectivity index (χ2v) is 8.16. The van der Waals surface area contributed by atoms with Crippen LogP contribution in [0, 0.1) is 0 Å². The number of benzene rings is 2. The summed E-state index contributed by atoms with van der Waals surface area (Å²) in [5.41, 5.74) is 2.73. The maximum Gasteiger partial charge on any atom is 0.232 e. The first-order valence-electron chi connectivity index (χ1n) is 8.48. The lowest BCUT2D eigenvalue weighted by molar-refractivity contribution is 0.425. The van der Waals surface area contributed by atoms with Crippen LogP contribution in [0.5, 0.6) is 0 Å². The lowest BCUT2D eigenvalue weighted by atomic mass is 10.1.